The molecule has 1 aromatic heterocycles. The third kappa shape index (κ3) is 5.55. The average Bonchev–Trinajstić information content (AvgIpc) is 3.27. The van der Waals surface area contributed by atoms with Crippen molar-refractivity contribution in [3.05, 3.63) is 97.9 Å². The van der Waals surface area contributed by atoms with E-state index in [0.29, 0.717) is 37.5 Å². The van der Waals surface area contributed by atoms with Crippen LogP contribution in [0, 0.1) is 11.6 Å². The largest absolute Gasteiger partial charge is 0.420 e. The highest BCUT2D eigenvalue weighted by Gasteiger charge is 2.37. The second-order valence-corrected chi connectivity index (χ2v) is 10.2. The topological polar surface area (TPSA) is 89.9 Å². The summed E-state index contributed by atoms with van der Waals surface area (Å²) in [7, 11) is 0. The van der Waals surface area contributed by atoms with Gasteiger partial charge in [0.15, 0.2) is 17.3 Å². The molecule has 0 saturated carbocycles. The Morgan fingerprint density at radius 2 is 2.08 bits per heavy atom. The lowest BCUT2D eigenvalue weighted by Crippen LogP contribution is -2.59. The van der Waals surface area contributed by atoms with E-state index in [-0.39, 0.29) is 29.9 Å². The van der Waals surface area contributed by atoms with Gasteiger partial charge >= 0.3 is 5.97 Å². The maximum Gasteiger partial charge on any atom is 0.311 e. The van der Waals surface area contributed by atoms with Crippen LogP contribution >= 0.6 is 11.8 Å². The number of carbonyl (C=O) groups excluding carboxylic acids is 2. The van der Waals surface area contributed by atoms with Crippen molar-refractivity contribution in [2.24, 2.45) is 0 Å². The first-order valence-corrected chi connectivity index (χ1v) is 13.6. The molecule has 0 radical (unpaired) electrons. The van der Waals surface area contributed by atoms with Crippen molar-refractivity contribution in [2.45, 2.75) is 38.1 Å². The molecule has 4 aliphatic rings. The number of esters is 1. The summed E-state index contributed by atoms with van der Waals surface area (Å²) in [6, 6.07) is 4.18. The smallest absolute Gasteiger partial charge is 0.311 e. The van der Waals surface area contributed by atoms with Crippen molar-refractivity contribution >= 4 is 23.6 Å². The highest BCUT2D eigenvalue weighted by atomic mass is 32.2. The zero-order valence-electron chi connectivity index (χ0n) is 21.2. The summed E-state index contributed by atoms with van der Waals surface area (Å²) in [4.78, 5) is 38.8. The molecule has 1 atom stereocenters. The van der Waals surface area contributed by atoms with Gasteiger partial charge in [-0.3, -0.25) is 19.1 Å². The molecule has 1 N–H and O–H groups in total. The van der Waals surface area contributed by atoms with E-state index in [1.807, 2.05) is 12.2 Å². The minimum Gasteiger partial charge on any atom is -0.420 e. The van der Waals surface area contributed by atoms with Gasteiger partial charge in [-0.2, -0.15) is 0 Å². The Morgan fingerprint density at radius 3 is 2.90 bits per heavy atom. The summed E-state index contributed by atoms with van der Waals surface area (Å²) >= 11 is 1.62. The van der Waals surface area contributed by atoms with E-state index in [1.54, 1.807) is 29.7 Å². The van der Waals surface area contributed by atoms with Gasteiger partial charge in [-0.15, -0.1) is 11.8 Å². The molecule has 8 nitrogen and oxygen atoms in total. The molecule has 1 aromatic carbocycles. The Labute approximate surface area is 227 Å². The lowest BCUT2D eigenvalue weighted by Gasteiger charge is -2.41. The normalized spacial score (nSPS) is 19.3. The van der Waals surface area contributed by atoms with E-state index in [4.69, 9.17) is 9.47 Å². The molecule has 3 aliphatic heterocycles. The number of nitrogens with one attached hydrogen (secondary N) is 1. The van der Waals surface area contributed by atoms with Gasteiger partial charge in [-0.05, 0) is 34.9 Å². The molecule has 1 amide bonds. The number of halogens is 2. The molecule has 0 bridgehead atoms. The standard InChI is InChI=1S/C15H12F2S.C13H15N3O5/c16-13-7-6-10-8-11-4-2-1-3-5-14(11)18-9-12(10)15(13)17;1-2-10(18)21-12-8(17)3-4-16-11(12)13(19)15-5-6-20-7-9(15)14-16/h1-4,6-7H,5,8-9H2;3-4,9,14H,2,5-7H2,1H3. The van der Waals surface area contributed by atoms with Crippen LogP contribution in [-0.4, -0.2) is 47.4 Å². The molecule has 1 fully saturated rings. The average molecular weight is 556 g/mol. The van der Waals surface area contributed by atoms with Gasteiger partial charge in [0.1, 0.15) is 6.17 Å². The summed E-state index contributed by atoms with van der Waals surface area (Å²) in [5.41, 5.74) is 5.24. The van der Waals surface area contributed by atoms with Crippen molar-refractivity contribution in [3.8, 4) is 5.75 Å². The number of ether oxygens (including phenoxy) is 2. The summed E-state index contributed by atoms with van der Waals surface area (Å²) < 4.78 is 38.8. The number of hydrogen-bond acceptors (Lipinski definition) is 7. The molecule has 1 unspecified atom stereocenters. The summed E-state index contributed by atoms with van der Waals surface area (Å²) in [5.74, 6) is -2.05. The molecule has 4 heterocycles. The Hall–Kier alpha value is -3.70. The fourth-order valence-electron chi connectivity index (χ4n) is 4.64. The molecule has 11 heteroatoms. The van der Waals surface area contributed by atoms with Gasteiger partial charge in [-0.1, -0.05) is 37.3 Å². The molecule has 39 heavy (non-hydrogen) atoms. The number of amides is 1. The van der Waals surface area contributed by atoms with Gasteiger partial charge in [0.25, 0.3) is 5.91 Å². The van der Waals surface area contributed by atoms with Gasteiger partial charge < -0.3 is 19.8 Å². The van der Waals surface area contributed by atoms with Crippen LogP contribution in [0.25, 0.3) is 0 Å². The van der Waals surface area contributed by atoms with E-state index < -0.39 is 23.0 Å². The van der Waals surface area contributed by atoms with Gasteiger partial charge in [-0.25, -0.2) is 8.78 Å². The van der Waals surface area contributed by atoms with E-state index >= 15 is 0 Å². The maximum atomic E-state index is 13.8. The van der Waals surface area contributed by atoms with Crippen LogP contribution in [0.15, 0.2) is 64.0 Å². The Balaban J connectivity index is 0.000000160. The lowest BCUT2D eigenvalue weighted by atomic mass is 9.99. The van der Waals surface area contributed by atoms with Crippen molar-refractivity contribution in [3.63, 3.8) is 0 Å². The van der Waals surface area contributed by atoms with Gasteiger partial charge in [0.05, 0.1) is 13.2 Å². The second kappa shape index (κ2) is 11.6. The second-order valence-electron chi connectivity index (χ2n) is 9.18. The van der Waals surface area contributed by atoms with Gasteiger partial charge in [0.2, 0.25) is 11.2 Å². The van der Waals surface area contributed by atoms with Crippen molar-refractivity contribution < 1.29 is 27.8 Å². The SMILES string of the molecule is CCC(=O)Oc1c2n(ccc1=O)NC1COCCN1C2=O.Fc1ccc2c(c1F)CSC1=C(C=CC=CC1)C2. The fourth-order valence-corrected chi connectivity index (χ4v) is 5.81. The van der Waals surface area contributed by atoms with Crippen molar-refractivity contribution in [2.75, 3.05) is 25.2 Å². The van der Waals surface area contributed by atoms with Gasteiger partial charge in [0, 0.05) is 36.5 Å². The molecule has 1 saturated heterocycles. The zero-order valence-corrected chi connectivity index (χ0v) is 22.1. The number of benzene rings is 1. The lowest BCUT2D eigenvalue weighted by molar-refractivity contribution is -0.134. The van der Waals surface area contributed by atoms with E-state index in [2.05, 4.69) is 17.6 Å². The minimum atomic E-state index is -0.748. The highest BCUT2D eigenvalue weighted by Crippen LogP contribution is 2.37. The van der Waals surface area contributed by atoms with E-state index in [9.17, 15) is 23.2 Å². The van der Waals surface area contributed by atoms with Crippen LogP contribution in [0.4, 0.5) is 8.78 Å². The molecule has 0 spiro atoms. The number of thioether (sulfide) groups is 1. The molecular weight excluding hydrogens is 528 g/mol. The van der Waals surface area contributed by atoms with Crippen LogP contribution < -0.4 is 15.6 Å². The third-order valence-corrected chi connectivity index (χ3v) is 7.92. The molecular formula is C28H27F2N3O5S. The molecule has 2 aromatic rings. The number of fused-ring (bicyclic) bond motifs is 3. The number of morpholine rings is 1. The monoisotopic (exact) mass is 555 g/mol. The van der Waals surface area contributed by atoms with Crippen LogP contribution in [0.5, 0.6) is 5.75 Å². The summed E-state index contributed by atoms with van der Waals surface area (Å²) in [5, 5.41) is 0. The van der Waals surface area contributed by atoms with Crippen LogP contribution in [0.2, 0.25) is 0 Å². The number of carbonyl (C=O) groups is 2. The number of hydrogen-bond donors (Lipinski definition) is 1. The number of nitrogens with zero attached hydrogens (tertiary/aromatic N) is 2. The first-order valence-electron chi connectivity index (χ1n) is 12.6. The number of allylic oxidation sites excluding steroid dienone is 6. The third-order valence-electron chi connectivity index (χ3n) is 6.71. The Bertz CT molecular complexity index is 1470. The van der Waals surface area contributed by atoms with Crippen LogP contribution in [0.1, 0.15) is 41.4 Å². The minimum absolute atomic E-state index is 0.0439. The predicted molar refractivity (Wildman–Crippen MR) is 143 cm³/mol. The quantitative estimate of drug-likeness (QED) is 0.560. The number of aromatic nitrogens is 1. The fraction of sp³-hybridized carbons (Fsp3) is 0.321. The predicted octanol–water partition coefficient (Wildman–Crippen LogP) is 4.04. The number of rotatable bonds is 2. The zero-order chi connectivity index (χ0) is 27.5. The van der Waals surface area contributed by atoms with Crippen LogP contribution in [0.3, 0.4) is 0 Å². The molecule has 1 aliphatic carbocycles. The van der Waals surface area contributed by atoms with E-state index in [0.717, 1.165) is 12.0 Å². The number of pyridine rings is 1. The van der Waals surface area contributed by atoms with Crippen molar-refractivity contribution in [1.29, 1.82) is 0 Å². The first kappa shape index (κ1) is 26.9. The highest BCUT2D eigenvalue weighted by molar-refractivity contribution is 8.02. The van der Waals surface area contributed by atoms with Crippen LogP contribution in [-0.2, 0) is 21.7 Å². The van der Waals surface area contributed by atoms with E-state index in [1.165, 1.54) is 33.5 Å². The van der Waals surface area contributed by atoms with Crippen molar-refractivity contribution in [1.82, 2.24) is 9.58 Å². The Morgan fingerprint density at radius 1 is 1.23 bits per heavy atom. The first-order chi connectivity index (χ1) is 18.9. The molecule has 6 rings (SSSR count). The Kier molecular flexibility index (Phi) is 7.99. The summed E-state index contributed by atoms with van der Waals surface area (Å²) in [6.07, 6.45) is 11.0. The molecule has 204 valence electrons. The maximum absolute atomic E-state index is 13.8. The summed E-state index contributed by atoms with van der Waals surface area (Å²) in [6.45, 7) is 2.83.